The highest BCUT2D eigenvalue weighted by molar-refractivity contribution is 5.95. The average molecular weight is 292 g/mol. The summed E-state index contributed by atoms with van der Waals surface area (Å²) in [7, 11) is 0. The molecule has 0 unspecified atom stereocenters. The molecule has 1 aliphatic carbocycles. The van der Waals surface area contributed by atoms with Crippen molar-refractivity contribution in [1.29, 1.82) is 0 Å². The number of aryl methyl sites for hydroxylation is 1. The molecule has 0 aromatic carbocycles. The molecule has 1 heterocycles. The van der Waals surface area contributed by atoms with Gasteiger partial charge in [-0.2, -0.15) is 0 Å². The van der Waals surface area contributed by atoms with E-state index in [2.05, 4.69) is 10.4 Å². The average Bonchev–Trinajstić information content (AvgIpc) is 2.48. The highest BCUT2D eigenvalue weighted by Crippen LogP contribution is 2.27. The monoisotopic (exact) mass is 292 g/mol. The molecule has 2 rings (SSSR count). The molecule has 1 saturated carbocycles. The number of aliphatic hydroxyl groups is 1. The second-order valence-electron chi connectivity index (χ2n) is 5.39. The molecule has 0 spiro atoms. The minimum atomic E-state index is 0.00162. The minimum absolute atomic E-state index is 0.00162. The van der Waals surface area contributed by atoms with E-state index in [9.17, 15) is 4.79 Å². The standard InChI is InChI=1S/C15H24N4O2/c1-2-12-9-11(10-14(17-12)18-16)15(21)19(7-4-8-20)13-5-3-6-13/h9-10,13,20H,2-8,16H2,1H3,(H,17,18). The number of amides is 1. The number of carbonyl (C=O) groups excluding carboxylic acids is 1. The number of carbonyl (C=O) groups is 1. The predicted octanol–water partition coefficient (Wildman–Crippen LogP) is 1.31. The molecule has 0 radical (unpaired) electrons. The topological polar surface area (TPSA) is 91.5 Å². The quantitative estimate of drug-likeness (QED) is 0.520. The highest BCUT2D eigenvalue weighted by Gasteiger charge is 2.29. The maximum atomic E-state index is 12.8. The van der Waals surface area contributed by atoms with Gasteiger partial charge in [0.15, 0.2) is 0 Å². The lowest BCUT2D eigenvalue weighted by atomic mass is 9.90. The Morgan fingerprint density at radius 2 is 2.29 bits per heavy atom. The van der Waals surface area contributed by atoms with Crippen molar-refractivity contribution in [3.05, 3.63) is 23.4 Å². The number of nitrogens with two attached hydrogens (primary N) is 1. The fourth-order valence-corrected chi connectivity index (χ4v) is 2.52. The van der Waals surface area contributed by atoms with Gasteiger partial charge >= 0.3 is 0 Å². The van der Waals surface area contributed by atoms with Gasteiger partial charge in [-0.05, 0) is 44.2 Å². The van der Waals surface area contributed by atoms with Crippen molar-refractivity contribution in [2.75, 3.05) is 18.6 Å². The molecule has 6 nitrogen and oxygen atoms in total. The van der Waals surface area contributed by atoms with E-state index in [1.807, 2.05) is 17.9 Å². The molecule has 116 valence electrons. The largest absolute Gasteiger partial charge is 0.396 e. The van der Waals surface area contributed by atoms with Crippen LogP contribution in [0.1, 0.15) is 48.7 Å². The summed E-state index contributed by atoms with van der Waals surface area (Å²) in [4.78, 5) is 19.0. The summed E-state index contributed by atoms with van der Waals surface area (Å²) in [6.07, 6.45) is 4.61. The second kappa shape index (κ2) is 7.38. The van der Waals surface area contributed by atoms with Crippen LogP contribution >= 0.6 is 0 Å². The van der Waals surface area contributed by atoms with E-state index < -0.39 is 0 Å². The molecule has 1 fully saturated rings. The van der Waals surface area contributed by atoms with E-state index in [1.54, 1.807) is 6.07 Å². The zero-order chi connectivity index (χ0) is 15.2. The van der Waals surface area contributed by atoms with Gasteiger partial charge in [-0.15, -0.1) is 0 Å². The van der Waals surface area contributed by atoms with Crippen molar-refractivity contribution in [3.63, 3.8) is 0 Å². The van der Waals surface area contributed by atoms with Gasteiger partial charge in [-0.3, -0.25) is 4.79 Å². The highest BCUT2D eigenvalue weighted by atomic mass is 16.3. The number of nitrogens with one attached hydrogen (secondary N) is 1. The number of aliphatic hydroxyl groups excluding tert-OH is 1. The minimum Gasteiger partial charge on any atom is -0.396 e. The SMILES string of the molecule is CCc1cc(C(=O)N(CCCO)C2CCC2)cc(NN)n1. The predicted molar refractivity (Wildman–Crippen MR) is 81.8 cm³/mol. The number of nitrogens with zero attached hydrogens (tertiary/aromatic N) is 2. The third kappa shape index (κ3) is 3.71. The third-order valence-electron chi connectivity index (χ3n) is 3.97. The summed E-state index contributed by atoms with van der Waals surface area (Å²) >= 11 is 0. The zero-order valence-electron chi connectivity index (χ0n) is 12.5. The fraction of sp³-hybridized carbons (Fsp3) is 0.600. The molecule has 4 N–H and O–H groups in total. The number of rotatable bonds is 7. The van der Waals surface area contributed by atoms with Crippen LogP contribution in [0.25, 0.3) is 0 Å². The molecular formula is C15H24N4O2. The third-order valence-corrected chi connectivity index (χ3v) is 3.97. The number of nitrogen functional groups attached to an aromatic ring is 1. The molecule has 1 amide bonds. The zero-order valence-corrected chi connectivity index (χ0v) is 12.5. The molecule has 21 heavy (non-hydrogen) atoms. The normalized spacial score (nSPS) is 14.6. The number of aromatic nitrogens is 1. The Morgan fingerprint density at radius 3 is 2.81 bits per heavy atom. The van der Waals surface area contributed by atoms with Crippen LogP contribution in [-0.4, -0.2) is 40.1 Å². The van der Waals surface area contributed by atoms with Crippen molar-refractivity contribution in [3.8, 4) is 0 Å². The van der Waals surface area contributed by atoms with Gasteiger partial charge in [0.2, 0.25) is 0 Å². The maximum Gasteiger partial charge on any atom is 0.254 e. The van der Waals surface area contributed by atoms with Gasteiger partial charge in [0.05, 0.1) is 0 Å². The van der Waals surface area contributed by atoms with Crippen LogP contribution in [-0.2, 0) is 6.42 Å². The molecule has 1 aliphatic rings. The first-order chi connectivity index (χ1) is 10.2. The Bertz CT molecular complexity index is 466. The summed E-state index contributed by atoms with van der Waals surface area (Å²) in [5, 5.41) is 9.03. The van der Waals surface area contributed by atoms with E-state index >= 15 is 0 Å². The number of pyridine rings is 1. The van der Waals surface area contributed by atoms with Crippen LogP contribution in [0.5, 0.6) is 0 Å². The van der Waals surface area contributed by atoms with E-state index in [4.69, 9.17) is 10.9 Å². The molecule has 6 heteroatoms. The molecule has 0 aliphatic heterocycles. The van der Waals surface area contributed by atoms with Crippen LogP contribution in [0.4, 0.5) is 5.82 Å². The van der Waals surface area contributed by atoms with Crippen LogP contribution < -0.4 is 11.3 Å². The van der Waals surface area contributed by atoms with Crippen molar-refractivity contribution in [1.82, 2.24) is 9.88 Å². The van der Waals surface area contributed by atoms with E-state index in [1.165, 1.54) is 6.42 Å². The van der Waals surface area contributed by atoms with Gasteiger partial charge in [0, 0.05) is 30.5 Å². The Kier molecular flexibility index (Phi) is 5.52. The van der Waals surface area contributed by atoms with Gasteiger partial charge in [-0.25, -0.2) is 10.8 Å². The van der Waals surface area contributed by atoms with Crippen LogP contribution in [0.2, 0.25) is 0 Å². The first-order valence-corrected chi connectivity index (χ1v) is 7.59. The molecule has 1 aromatic rings. The van der Waals surface area contributed by atoms with Crippen molar-refractivity contribution < 1.29 is 9.90 Å². The molecule has 0 saturated heterocycles. The molecule has 0 atom stereocenters. The van der Waals surface area contributed by atoms with E-state index in [0.717, 1.165) is 25.0 Å². The van der Waals surface area contributed by atoms with Crippen molar-refractivity contribution in [2.45, 2.75) is 45.1 Å². The van der Waals surface area contributed by atoms with Gasteiger partial charge in [-0.1, -0.05) is 6.92 Å². The molecule has 0 bridgehead atoms. The number of hydrazine groups is 1. The number of hydrogen-bond acceptors (Lipinski definition) is 5. The summed E-state index contributed by atoms with van der Waals surface area (Å²) in [5.74, 6) is 5.93. The Hall–Kier alpha value is -1.66. The first kappa shape index (κ1) is 15.7. The van der Waals surface area contributed by atoms with E-state index in [-0.39, 0.29) is 12.5 Å². The maximum absolute atomic E-state index is 12.8. The summed E-state index contributed by atoms with van der Waals surface area (Å²) < 4.78 is 0. The van der Waals surface area contributed by atoms with Gasteiger partial charge in [0.1, 0.15) is 5.82 Å². The smallest absolute Gasteiger partial charge is 0.254 e. The lowest BCUT2D eigenvalue weighted by Gasteiger charge is -2.37. The van der Waals surface area contributed by atoms with Crippen molar-refractivity contribution in [2.24, 2.45) is 5.84 Å². The van der Waals surface area contributed by atoms with Crippen molar-refractivity contribution >= 4 is 11.7 Å². The lowest BCUT2D eigenvalue weighted by Crippen LogP contribution is -2.45. The van der Waals surface area contributed by atoms with Gasteiger partial charge in [0.25, 0.3) is 5.91 Å². The number of hydrogen-bond donors (Lipinski definition) is 3. The second-order valence-corrected chi connectivity index (χ2v) is 5.39. The van der Waals surface area contributed by atoms with E-state index in [0.29, 0.717) is 30.4 Å². The molecular weight excluding hydrogens is 268 g/mol. The summed E-state index contributed by atoms with van der Waals surface area (Å²) in [6.45, 7) is 2.68. The fourth-order valence-electron chi connectivity index (χ4n) is 2.52. The van der Waals surface area contributed by atoms with Crippen LogP contribution in [0.15, 0.2) is 12.1 Å². The summed E-state index contributed by atoms with van der Waals surface area (Å²) in [6, 6.07) is 3.82. The first-order valence-electron chi connectivity index (χ1n) is 7.59. The Morgan fingerprint density at radius 1 is 1.52 bits per heavy atom. The van der Waals surface area contributed by atoms with Crippen LogP contribution in [0.3, 0.4) is 0 Å². The Labute approximate surface area is 125 Å². The Balaban J connectivity index is 2.22. The molecule has 1 aromatic heterocycles. The van der Waals surface area contributed by atoms with Gasteiger partial charge < -0.3 is 15.4 Å². The van der Waals surface area contributed by atoms with Crippen LogP contribution in [0, 0.1) is 0 Å². The number of anilines is 1. The lowest BCUT2D eigenvalue weighted by molar-refractivity contribution is 0.0562. The summed E-state index contributed by atoms with van der Waals surface area (Å²) in [5.41, 5.74) is 3.96.